The molecule has 1 amide bonds. The van der Waals surface area contributed by atoms with Crippen molar-refractivity contribution in [1.29, 1.82) is 0 Å². The zero-order valence-electron chi connectivity index (χ0n) is 11.1. The highest BCUT2D eigenvalue weighted by molar-refractivity contribution is 9.10. The summed E-state index contributed by atoms with van der Waals surface area (Å²) in [5.74, 6) is -0.234. The molecule has 1 aliphatic rings. The molecule has 0 saturated carbocycles. The van der Waals surface area contributed by atoms with Gasteiger partial charge >= 0.3 is 0 Å². The molecular weight excluding hydrogens is 334 g/mol. The number of rotatable bonds is 4. The molecule has 0 spiro atoms. The van der Waals surface area contributed by atoms with Crippen molar-refractivity contribution in [3.63, 3.8) is 0 Å². The van der Waals surface area contributed by atoms with Gasteiger partial charge in [-0.05, 0) is 40.2 Å². The third-order valence-electron chi connectivity index (χ3n) is 3.27. The number of carbonyl (C=O) groups excluding carboxylic acids is 2. The van der Waals surface area contributed by atoms with Crippen LogP contribution in [0.1, 0.15) is 10.4 Å². The number of carbonyl (C=O) groups is 2. The van der Waals surface area contributed by atoms with Gasteiger partial charge in [-0.3, -0.25) is 9.59 Å². The molecule has 21 heavy (non-hydrogen) atoms. The number of para-hydroxylation sites is 2. The van der Waals surface area contributed by atoms with Gasteiger partial charge in [-0.2, -0.15) is 0 Å². The van der Waals surface area contributed by atoms with E-state index in [1.165, 1.54) is 4.90 Å². The van der Waals surface area contributed by atoms with Gasteiger partial charge < -0.3 is 9.64 Å². The molecule has 3 rings (SSSR count). The summed E-state index contributed by atoms with van der Waals surface area (Å²) in [4.78, 5) is 25.5. The lowest BCUT2D eigenvalue weighted by Gasteiger charge is -2.18. The number of ketones is 1. The van der Waals surface area contributed by atoms with Crippen molar-refractivity contribution < 1.29 is 14.3 Å². The van der Waals surface area contributed by atoms with E-state index in [0.29, 0.717) is 24.4 Å². The van der Waals surface area contributed by atoms with Crippen molar-refractivity contribution in [3.8, 4) is 5.75 Å². The Bertz CT molecular complexity index is 700. The molecule has 2 aromatic carbocycles. The maximum Gasteiger partial charge on any atom is 0.299 e. The number of anilines is 1. The van der Waals surface area contributed by atoms with Crippen LogP contribution in [-0.2, 0) is 4.79 Å². The molecule has 4 nitrogen and oxygen atoms in total. The fourth-order valence-corrected chi connectivity index (χ4v) is 2.88. The second-order valence-electron chi connectivity index (χ2n) is 4.58. The van der Waals surface area contributed by atoms with Crippen LogP contribution in [-0.4, -0.2) is 24.8 Å². The Kier molecular flexibility index (Phi) is 3.75. The van der Waals surface area contributed by atoms with E-state index in [2.05, 4.69) is 15.9 Å². The number of Topliss-reactive ketones (excluding diaryl/α,β-unsaturated/α-hetero) is 1. The predicted molar refractivity (Wildman–Crippen MR) is 82.8 cm³/mol. The van der Waals surface area contributed by atoms with Crippen molar-refractivity contribution in [2.24, 2.45) is 0 Å². The Hall–Kier alpha value is -2.14. The molecule has 0 bridgehead atoms. The average Bonchev–Trinajstić information content (AvgIpc) is 2.75. The monoisotopic (exact) mass is 345 g/mol. The van der Waals surface area contributed by atoms with Crippen LogP contribution in [0.2, 0.25) is 0 Å². The molecule has 0 radical (unpaired) electrons. The van der Waals surface area contributed by atoms with Gasteiger partial charge in [0.2, 0.25) is 0 Å². The molecule has 1 heterocycles. The molecule has 0 fully saturated rings. The normalized spacial score (nSPS) is 13.5. The summed E-state index contributed by atoms with van der Waals surface area (Å²) in [6.07, 6.45) is 0. The predicted octanol–water partition coefficient (Wildman–Crippen LogP) is 3.06. The first-order chi connectivity index (χ1) is 10.2. The minimum atomic E-state index is -0.506. The number of benzene rings is 2. The first kappa shape index (κ1) is 13.8. The summed E-state index contributed by atoms with van der Waals surface area (Å²) in [6, 6.07) is 14.6. The summed E-state index contributed by atoms with van der Waals surface area (Å²) < 4.78 is 6.32. The average molecular weight is 346 g/mol. The number of amides is 1. The highest BCUT2D eigenvalue weighted by atomic mass is 79.9. The maximum absolute atomic E-state index is 12.1. The smallest absolute Gasteiger partial charge is 0.299 e. The van der Waals surface area contributed by atoms with Gasteiger partial charge in [-0.1, -0.05) is 24.3 Å². The van der Waals surface area contributed by atoms with E-state index in [9.17, 15) is 9.59 Å². The number of hydrogen-bond acceptors (Lipinski definition) is 3. The Morgan fingerprint density at radius 3 is 2.52 bits per heavy atom. The van der Waals surface area contributed by atoms with Crippen molar-refractivity contribution in [3.05, 3.63) is 58.6 Å². The summed E-state index contributed by atoms with van der Waals surface area (Å²) in [7, 11) is 0. The van der Waals surface area contributed by atoms with Gasteiger partial charge in [0.1, 0.15) is 12.4 Å². The topological polar surface area (TPSA) is 46.6 Å². The van der Waals surface area contributed by atoms with Crippen molar-refractivity contribution in [2.45, 2.75) is 0 Å². The van der Waals surface area contributed by atoms with E-state index >= 15 is 0 Å². The van der Waals surface area contributed by atoms with E-state index in [-0.39, 0.29) is 0 Å². The van der Waals surface area contributed by atoms with Crippen LogP contribution >= 0.6 is 15.9 Å². The zero-order chi connectivity index (χ0) is 14.8. The van der Waals surface area contributed by atoms with E-state index < -0.39 is 11.7 Å². The van der Waals surface area contributed by atoms with Crippen LogP contribution in [0.25, 0.3) is 0 Å². The van der Waals surface area contributed by atoms with E-state index in [0.717, 1.165) is 10.2 Å². The first-order valence-electron chi connectivity index (χ1n) is 6.51. The van der Waals surface area contributed by atoms with Crippen LogP contribution in [0.4, 0.5) is 5.69 Å². The number of fused-ring (bicyclic) bond motifs is 1. The van der Waals surface area contributed by atoms with Crippen LogP contribution in [0.3, 0.4) is 0 Å². The number of hydrogen-bond donors (Lipinski definition) is 0. The number of ether oxygens (including phenoxy) is 1. The molecule has 0 aliphatic carbocycles. The molecule has 0 atom stereocenters. The molecule has 0 unspecified atom stereocenters. The van der Waals surface area contributed by atoms with Crippen LogP contribution in [0.5, 0.6) is 5.75 Å². The molecule has 0 aromatic heterocycles. The summed E-state index contributed by atoms with van der Waals surface area (Å²) >= 11 is 3.39. The SMILES string of the molecule is O=C1C(=O)N(CCOc2ccccc2)c2c(Br)cccc21. The molecule has 2 aromatic rings. The zero-order valence-corrected chi connectivity index (χ0v) is 12.7. The minimum absolute atomic E-state index is 0.323. The maximum atomic E-state index is 12.1. The number of nitrogens with zero attached hydrogens (tertiary/aromatic N) is 1. The fraction of sp³-hybridized carbons (Fsp3) is 0.125. The second kappa shape index (κ2) is 5.69. The lowest BCUT2D eigenvalue weighted by molar-refractivity contribution is -0.114. The lowest BCUT2D eigenvalue weighted by Crippen LogP contribution is -2.33. The molecular formula is C16H12BrNO3. The van der Waals surface area contributed by atoms with Gasteiger partial charge in [-0.25, -0.2) is 0 Å². The van der Waals surface area contributed by atoms with Crippen LogP contribution in [0, 0.1) is 0 Å². The summed E-state index contributed by atoms with van der Waals surface area (Å²) in [5.41, 5.74) is 1.07. The summed E-state index contributed by atoms with van der Waals surface area (Å²) in [5, 5.41) is 0. The Morgan fingerprint density at radius 2 is 1.76 bits per heavy atom. The van der Waals surface area contributed by atoms with Gasteiger partial charge in [0.05, 0.1) is 17.8 Å². The second-order valence-corrected chi connectivity index (χ2v) is 5.44. The third-order valence-corrected chi connectivity index (χ3v) is 3.91. The van der Waals surface area contributed by atoms with Gasteiger partial charge in [0.25, 0.3) is 11.7 Å². The Labute approximate surface area is 130 Å². The molecule has 0 N–H and O–H groups in total. The van der Waals surface area contributed by atoms with Crippen molar-refractivity contribution in [2.75, 3.05) is 18.1 Å². The highest BCUT2D eigenvalue weighted by Crippen LogP contribution is 2.35. The van der Waals surface area contributed by atoms with Crippen LogP contribution in [0.15, 0.2) is 53.0 Å². The molecule has 106 valence electrons. The highest BCUT2D eigenvalue weighted by Gasteiger charge is 2.36. The van der Waals surface area contributed by atoms with Crippen LogP contribution < -0.4 is 9.64 Å². The van der Waals surface area contributed by atoms with E-state index in [1.54, 1.807) is 12.1 Å². The summed E-state index contributed by atoms with van der Waals surface area (Å²) in [6.45, 7) is 0.652. The lowest BCUT2D eigenvalue weighted by atomic mass is 10.1. The Balaban J connectivity index is 1.75. The minimum Gasteiger partial charge on any atom is -0.492 e. The molecule has 1 aliphatic heterocycles. The molecule has 5 heteroatoms. The quantitative estimate of drug-likeness (QED) is 0.800. The largest absolute Gasteiger partial charge is 0.492 e. The standard InChI is InChI=1S/C16H12BrNO3/c17-13-8-4-7-12-14(13)18(16(20)15(12)19)9-10-21-11-5-2-1-3-6-11/h1-8H,9-10H2. The van der Waals surface area contributed by atoms with E-state index in [1.807, 2.05) is 36.4 Å². The first-order valence-corrected chi connectivity index (χ1v) is 7.30. The third kappa shape index (κ3) is 2.56. The van der Waals surface area contributed by atoms with Gasteiger partial charge in [0, 0.05) is 4.47 Å². The van der Waals surface area contributed by atoms with Gasteiger partial charge in [-0.15, -0.1) is 0 Å². The fourth-order valence-electron chi connectivity index (χ4n) is 2.30. The van der Waals surface area contributed by atoms with Crippen molar-refractivity contribution in [1.82, 2.24) is 0 Å². The Morgan fingerprint density at radius 1 is 1.00 bits per heavy atom. The van der Waals surface area contributed by atoms with Gasteiger partial charge in [0.15, 0.2) is 0 Å². The van der Waals surface area contributed by atoms with Crippen molar-refractivity contribution >= 4 is 33.3 Å². The van der Waals surface area contributed by atoms with E-state index in [4.69, 9.17) is 4.74 Å². The molecule has 0 saturated heterocycles. The number of halogens is 1.